The van der Waals surface area contributed by atoms with Gasteiger partial charge in [0.1, 0.15) is 35.9 Å². The molecule has 0 saturated carbocycles. The molecule has 13 heteroatoms. The molecule has 0 amide bonds. The van der Waals surface area contributed by atoms with Gasteiger partial charge in [-0.2, -0.15) is 13.2 Å². The standard InChI is InChI=1S/C26H29F4N7O.H2O/c1-35(2)9-10-37-13-22(17-3-4-21(27)20(11-17)26(28,29)30)34-24(37)16-5-7-36(8-6-16)25-19-12-18(14-38)33-23(19)31-15-32-25;/h3-4,11,13-16,18H,5-10,12H2,1-2H3,(H,31,32,33);1H2. The SMILES string of the molecule is CN(C)CCn1cc(-c2ccc(F)c(C(F)(F)F)c2)nc1C1CCN(c2ncnc3c2CC(C=O)N3)CC1.O. The maximum atomic E-state index is 13.9. The summed E-state index contributed by atoms with van der Waals surface area (Å²) in [5.41, 5.74) is 0.270. The molecule has 1 aromatic carbocycles. The van der Waals surface area contributed by atoms with Gasteiger partial charge in [0.05, 0.1) is 17.3 Å². The Bertz CT molecular complexity index is 1320. The first-order valence-corrected chi connectivity index (χ1v) is 12.5. The Labute approximate surface area is 223 Å². The second-order valence-corrected chi connectivity index (χ2v) is 10.1. The van der Waals surface area contributed by atoms with E-state index < -0.39 is 17.6 Å². The third kappa shape index (κ3) is 5.88. The maximum absolute atomic E-state index is 13.9. The van der Waals surface area contributed by atoms with E-state index >= 15 is 0 Å². The molecule has 210 valence electrons. The van der Waals surface area contributed by atoms with E-state index in [1.165, 1.54) is 12.4 Å². The van der Waals surface area contributed by atoms with E-state index in [2.05, 4.69) is 20.2 Å². The van der Waals surface area contributed by atoms with Crippen LogP contribution in [0.2, 0.25) is 0 Å². The summed E-state index contributed by atoms with van der Waals surface area (Å²) in [5.74, 6) is 1.13. The molecule has 1 fully saturated rings. The van der Waals surface area contributed by atoms with E-state index in [1.807, 2.05) is 23.6 Å². The van der Waals surface area contributed by atoms with E-state index in [-0.39, 0.29) is 23.0 Å². The van der Waals surface area contributed by atoms with Crippen LogP contribution in [0.1, 0.15) is 35.7 Å². The van der Waals surface area contributed by atoms with Gasteiger partial charge in [0.15, 0.2) is 0 Å². The summed E-state index contributed by atoms with van der Waals surface area (Å²) in [4.78, 5) is 29.0. The first-order chi connectivity index (χ1) is 18.1. The van der Waals surface area contributed by atoms with Crippen molar-refractivity contribution in [2.75, 3.05) is 43.9 Å². The zero-order valence-electron chi connectivity index (χ0n) is 21.7. The van der Waals surface area contributed by atoms with Gasteiger partial charge in [-0.05, 0) is 45.1 Å². The smallest absolute Gasteiger partial charge is 0.412 e. The number of carbonyl (C=O) groups excluding carboxylic acids is 1. The molecule has 39 heavy (non-hydrogen) atoms. The van der Waals surface area contributed by atoms with Gasteiger partial charge in [0.25, 0.3) is 0 Å². The summed E-state index contributed by atoms with van der Waals surface area (Å²) < 4.78 is 55.9. The first kappa shape index (κ1) is 28.4. The van der Waals surface area contributed by atoms with Gasteiger partial charge in [-0.1, -0.05) is 0 Å². The maximum Gasteiger partial charge on any atom is 0.419 e. The number of halogens is 4. The molecule has 3 aromatic rings. The van der Waals surface area contributed by atoms with Gasteiger partial charge in [0, 0.05) is 55.8 Å². The Morgan fingerprint density at radius 2 is 1.92 bits per heavy atom. The van der Waals surface area contributed by atoms with Crippen LogP contribution in [-0.4, -0.2) is 76.0 Å². The molecule has 1 saturated heterocycles. The first-order valence-electron chi connectivity index (χ1n) is 12.5. The average Bonchev–Trinajstić information content (AvgIpc) is 3.51. The molecule has 2 aliphatic heterocycles. The molecule has 9 nitrogen and oxygen atoms in total. The van der Waals surface area contributed by atoms with Crippen molar-refractivity contribution < 1.29 is 27.8 Å². The van der Waals surface area contributed by atoms with E-state index in [0.717, 1.165) is 55.0 Å². The molecule has 0 radical (unpaired) electrons. The molecule has 5 rings (SSSR count). The average molecular weight is 550 g/mol. The number of anilines is 2. The lowest BCUT2D eigenvalue weighted by Crippen LogP contribution is -2.35. The second-order valence-electron chi connectivity index (χ2n) is 10.1. The van der Waals surface area contributed by atoms with Gasteiger partial charge in [-0.15, -0.1) is 0 Å². The van der Waals surface area contributed by atoms with E-state index in [4.69, 9.17) is 4.98 Å². The number of nitrogens with one attached hydrogen (secondary N) is 1. The van der Waals surface area contributed by atoms with Crippen LogP contribution in [0.3, 0.4) is 0 Å². The lowest BCUT2D eigenvalue weighted by Gasteiger charge is -2.33. The van der Waals surface area contributed by atoms with Crippen molar-refractivity contribution in [3.05, 3.63) is 53.5 Å². The van der Waals surface area contributed by atoms with Gasteiger partial charge < -0.3 is 30.0 Å². The number of fused-ring (bicyclic) bond motifs is 1. The minimum absolute atomic E-state index is 0. The topological polar surface area (TPSA) is 111 Å². The van der Waals surface area contributed by atoms with Crippen molar-refractivity contribution in [3.8, 4) is 11.3 Å². The van der Waals surface area contributed by atoms with E-state index in [9.17, 15) is 22.4 Å². The van der Waals surface area contributed by atoms with Gasteiger partial charge in [-0.25, -0.2) is 19.3 Å². The highest BCUT2D eigenvalue weighted by atomic mass is 19.4. The molecule has 1 unspecified atom stereocenters. The largest absolute Gasteiger partial charge is 0.419 e. The van der Waals surface area contributed by atoms with Crippen LogP contribution < -0.4 is 10.2 Å². The molecule has 4 heterocycles. The van der Waals surface area contributed by atoms with Crippen LogP contribution in [0, 0.1) is 5.82 Å². The minimum Gasteiger partial charge on any atom is -0.412 e. The van der Waals surface area contributed by atoms with Gasteiger partial charge >= 0.3 is 6.18 Å². The lowest BCUT2D eigenvalue weighted by molar-refractivity contribution is -0.139. The number of hydrogen-bond donors (Lipinski definition) is 1. The highest BCUT2D eigenvalue weighted by molar-refractivity contribution is 5.73. The Morgan fingerprint density at radius 1 is 1.18 bits per heavy atom. The van der Waals surface area contributed by atoms with Crippen LogP contribution in [0.25, 0.3) is 11.3 Å². The van der Waals surface area contributed by atoms with Crippen molar-refractivity contribution in [1.82, 2.24) is 24.4 Å². The van der Waals surface area contributed by atoms with Gasteiger partial charge in [-0.3, -0.25) is 0 Å². The third-order valence-electron chi connectivity index (χ3n) is 7.16. The van der Waals surface area contributed by atoms with Crippen LogP contribution in [0.4, 0.5) is 29.2 Å². The number of imidazole rings is 1. The fourth-order valence-electron chi connectivity index (χ4n) is 5.15. The summed E-state index contributed by atoms with van der Waals surface area (Å²) in [6, 6.07) is 2.71. The predicted molar refractivity (Wildman–Crippen MR) is 138 cm³/mol. The summed E-state index contributed by atoms with van der Waals surface area (Å²) in [6.07, 6.45) is 1.45. The number of nitrogens with zero attached hydrogens (tertiary/aromatic N) is 6. The zero-order valence-corrected chi connectivity index (χ0v) is 21.7. The number of aromatic nitrogens is 4. The molecule has 0 spiro atoms. The molecule has 2 aromatic heterocycles. The summed E-state index contributed by atoms with van der Waals surface area (Å²) in [5, 5.41) is 3.11. The summed E-state index contributed by atoms with van der Waals surface area (Å²) in [6.45, 7) is 2.78. The number of likely N-dealkylation sites (N-methyl/N-ethyl adjacent to an activating group) is 1. The molecular weight excluding hydrogens is 518 g/mol. The van der Waals surface area contributed by atoms with Crippen molar-refractivity contribution in [1.29, 1.82) is 0 Å². The van der Waals surface area contributed by atoms with Crippen LogP contribution in [0.15, 0.2) is 30.7 Å². The summed E-state index contributed by atoms with van der Waals surface area (Å²) in [7, 11) is 3.91. The molecule has 1 atom stereocenters. The number of alkyl halides is 3. The summed E-state index contributed by atoms with van der Waals surface area (Å²) >= 11 is 0. The van der Waals surface area contributed by atoms with Crippen molar-refractivity contribution in [2.24, 2.45) is 0 Å². The van der Waals surface area contributed by atoms with E-state index in [1.54, 1.807) is 6.20 Å². The van der Waals surface area contributed by atoms with Crippen LogP contribution in [0.5, 0.6) is 0 Å². The Kier molecular flexibility index (Phi) is 8.21. The van der Waals surface area contributed by atoms with Gasteiger partial charge in [0.2, 0.25) is 0 Å². The Hall–Kier alpha value is -3.58. The molecule has 2 aliphatic rings. The number of benzene rings is 1. The van der Waals surface area contributed by atoms with Crippen molar-refractivity contribution in [3.63, 3.8) is 0 Å². The molecular formula is C26H31F4N7O2. The fraction of sp³-hybridized carbons (Fsp3) is 0.462. The van der Waals surface area contributed by atoms with Crippen molar-refractivity contribution in [2.45, 2.75) is 43.9 Å². The normalized spacial score (nSPS) is 17.6. The number of hydrogen-bond acceptors (Lipinski definition) is 7. The quantitative estimate of drug-likeness (QED) is 0.356. The number of rotatable bonds is 7. The van der Waals surface area contributed by atoms with Crippen LogP contribution in [-0.2, 0) is 23.9 Å². The monoisotopic (exact) mass is 549 g/mol. The highest BCUT2D eigenvalue weighted by Gasteiger charge is 2.35. The molecule has 3 N–H and O–H groups in total. The number of carbonyl (C=O) groups is 1. The molecule has 0 bridgehead atoms. The second kappa shape index (κ2) is 11.3. The zero-order chi connectivity index (χ0) is 27.0. The predicted octanol–water partition coefficient (Wildman–Crippen LogP) is 3.15. The van der Waals surface area contributed by atoms with E-state index in [0.29, 0.717) is 37.6 Å². The lowest BCUT2D eigenvalue weighted by atomic mass is 9.95. The fourth-order valence-corrected chi connectivity index (χ4v) is 5.15. The van der Waals surface area contributed by atoms with Crippen molar-refractivity contribution >= 4 is 17.9 Å². The highest BCUT2D eigenvalue weighted by Crippen LogP contribution is 2.37. The Balaban J connectivity index is 0.00000353. The minimum atomic E-state index is -4.79. The number of piperidine rings is 1. The third-order valence-corrected chi connectivity index (χ3v) is 7.16. The molecule has 0 aliphatic carbocycles. The van der Waals surface area contributed by atoms with Crippen LogP contribution >= 0.6 is 0 Å². The Morgan fingerprint density at radius 3 is 2.59 bits per heavy atom. The number of aldehydes is 1.